The highest BCUT2D eigenvalue weighted by atomic mass is 16.6. The molecule has 1 aromatic carbocycles. The van der Waals surface area contributed by atoms with Crippen molar-refractivity contribution in [2.45, 2.75) is 32.0 Å². The largest absolute Gasteiger partial charge is 0.482 e. The molecule has 5 rings (SSSR count). The van der Waals surface area contributed by atoms with Crippen LogP contribution in [0.2, 0.25) is 0 Å². The summed E-state index contributed by atoms with van der Waals surface area (Å²) in [4.78, 5) is 8.90. The molecule has 2 N–H and O–H groups in total. The van der Waals surface area contributed by atoms with Crippen LogP contribution >= 0.6 is 0 Å². The predicted molar refractivity (Wildman–Crippen MR) is 111 cm³/mol. The first-order valence-corrected chi connectivity index (χ1v) is 10.0. The van der Waals surface area contributed by atoms with Gasteiger partial charge in [-0.2, -0.15) is 10.4 Å². The van der Waals surface area contributed by atoms with Crippen molar-refractivity contribution in [1.29, 1.82) is 5.26 Å². The molecule has 1 saturated heterocycles. The van der Waals surface area contributed by atoms with Gasteiger partial charge in [0.05, 0.1) is 36.4 Å². The van der Waals surface area contributed by atoms with E-state index in [9.17, 15) is 5.26 Å². The molecule has 31 heavy (non-hydrogen) atoms. The van der Waals surface area contributed by atoms with Crippen LogP contribution in [0.4, 0.5) is 5.82 Å². The van der Waals surface area contributed by atoms with Gasteiger partial charge >= 0.3 is 0 Å². The third-order valence-electron chi connectivity index (χ3n) is 5.69. The Kier molecular flexibility index (Phi) is 4.34. The minimum Gasteiger partial charge on any atom is -0.482 e. The maximum absolute atomic E-state index is 9.77. The molecule has 4 heterocycles. The molecule has 0 unspecified atom stereocenters. The second-order valence-electron chi connectivity index (χ2n) is 8.11. The molecule has 2 bridgehead atoms. The van der Waals surface area contributed by atoms with E-state index in [0.717, 1.165) is 11.1 Å². The van der Waals surface area contributed by atoms with Gasteiger partial charge < -0.3 is 19.9 Å². The summed E-state index contributed by atoms with van der Waals surface area (Å²) in [7, 11) is 1.73. The number of ether oxygens (including phenoxy) is 3. The molecule has 0 amide bonds. The van der Waals surface area contributed by atoms with Crippen LogP contribution in [-0.2, 0) is 18.2 Å². The first-order chi connectivity index (χ1) is 14.9. The molecule has 2 aliphatic rings. The Hall–Kier alpha value is -3.64. The summed E-state index contributed by atoms with van der Waals surface area (Å²) in [5.41, 5.74) is 9.61. The molecule has 158 valence electrons. The van der Waals surface area contributed by atoms with Crippen molar-refractivity contribution in [3.63, 3.8) is 0 Å². The number of nitriles is 1. The highest BCUT2D eigenvalue weighted by molar-refractivity contribution is 5.69. The van der Waals surface area contributed by atoms with Crippen molar-refractivity contribution < 1.29 is 14.2 Å². The van der Waals surface area contributed by atoms with Crippen LogP contribution in [0.3, 0.4) is 0 Å². The number of nitrogen functional groups attached to an aromatic ring is 1. The average Bonchev–Trinajstić information content (AvgIpc) is 3.03. The van der Waals surface area contributed by atoms with Gasteiger partial charge in [-0.05, 0) is 26.0 Å². The minimum absolute atomic E-state index is 0.176. The molecule has 2 aromatic heterocycles. The first kappa shape index (κ1) is 19.3. The number of nitrogens with two attached hydrogens (primary N) is 1. The number of hydrogen-bond acceptors (Lipinski definition) is 8. The van der Waals surface area contributed by atoms with Crippen LogP contribution in [0.5, 0.6) is 11.6 Å². The lowest BCUT2D eigenvalue weighted by Crippen LogP contribution is -2.56. The van der Waals surface area contributed by atoms with E-state index in [0.29, 0.717) is 48.0 Å². The number of aryl methyl sites for hydroxylation is 2. The van der Waals surface area contributed by atoms with Gasteiger partial charge in [0.15, 0.2) is 11.4 Å². The Morgan fingerprint density at radius 2 is 2.13 bits per heavy atom. The zero-order valence-corrected chi connectivity index (χ0v) is 17.5. The summed E-state index contributed by atoms with van der Waals surface area (Å²) >= 11 is 0. The van der Waals surface area contributed by atoms with Crippen molar-refractivity contribution in [3.05, 3.63) is 46.9 Å². The van der Waals surface area contributed by atoms with E-state index in [1.165, 1.54) is 0 Å². The third kappa shape index (κ3) is 3.16. The molecule has 1 spiro atoms. The fraction of sp³-hybridized carbons (Fsp3) is 0.364. The van der Waals surface area contributed by atoms with Crippen LogP contribution in [-0.4, -0.2) is 38.6 Å². The van der Waals surface area contributed by atoms with Gasteiger partial charge in [-0.1, -0.05) is 11.6 Å². The fourth-order valence-corrected chi connectivity index (χ4v) is 4.06. The quantitative estimate of drug-likeness (QED) is 0.591. The van der Waals surface area contributed by atoms with Crippen LogP contribution in [0, 0.1) is 18.3 Å². The van der Waals surface area contributed by atoms with Gasteiger partial charge in [-0.3, -0.25) is 4.68 Å². The summed E-state index contributed by atoms with van der Waals surface area (Å²) < 4.78 is 19.8. The fourth-order valence-electron chi connectivity index (χ4n) is 4.06. The van der Waals surface area contributed by atoms with Gasteiger partial charge in [0, 0.05) is 19.0 Å². The molecular formula is C22H22N6O3. The molecule has 9 nitrogen and oxygen atoms in total. The lowest BCUT2D eigenvalue weighted by atomic mass is 9.92. The normalized spacial score (nSPS) is 18.8. The zero-order valence-electron chi connectivity index (χ0n) is 17.5. The van der Waals surface area contributed by atoms with E-state index in [1.807, 2.05) is 32.0 Å². The number of fused-ring (bicyclic) bond motifs is 5. The molecule has 2 aliphatic heterocycles. The molecule has 0 aliphatic carbocycles. The predicted octanol–water partition coefficient (Wildman–Crippen LogP) is 2.48. The monoisotopic (exact) mass is 418 g/mol. The van der Waals surface area contributed by atoms with Crippen LogP contribution in [0.15, 0.2) is 24.4 Å². The summed E-state index contributed by atoms with van der Waals surface area (Å²) in [6, 6.07) is 8.20. The zero-order chi connectivity index (χ0) is 21.8. The molecule has 0 radical (unpaired) electrons. The highest BCUT2D eigenvalue weighted by Crippen LogP contribution is 2.39. The van der Waals surface area contributed by atoms with Crippen molar-refractivity contribution in [1.82, 2.24) is 19.7 Å². The average molecular weight is 418 g/mol. The molecule has 0 saturated carbocycles. The lowest BCUT2D eigenvalue weighted by Gasteiger charge is -2.42. The van der Waals surface area contributed by atoms with Crippen molar-refractivity contribution >= 4 is 5.82 Å². The lowest BCUT2D eigenvalue weighted by molar-refractivity contribution is -0.161. The topological polar surface area (TPSA) is 121 Å². The SMILES string of the molecule is Cc1ccc2c(c1)[C@@H](C)Oc1nc(cnc1N)-c1c(nn(C)c1C#N)CC1(COC1)O2. The van der Waals surface area contributed by atoms with Crippen molar-refractivity contribution in [2.24, 2.45) is 7.05 Å². The Balaban J connectivity index is 1.75. The summed E-state index contributed by atoms with van der Waals surface area (Å²) in [5.74, 6) is 1.09. The minimum atomic E-state index is -0.594. The Morgan fingerprint density at radius 3 is 2.84 bits per heavy atom. The Morgan fingerprint density at radius 1 is 1.32 bits per heavy atom. The van der Waals surface area contributed by atoms with Crippen LogP contribution in [0.25, 0.3) is 11.3 Å². The highest BCUT2D eigenvalue weighted by Gasteiger charge is 2.44. The van der Waals surface area contributed by atoms with E-state index >= 15 is 0 Å². The second-order valence-corrected chi connectivity index (χ2v) is 8.11. The Bertz CT molecular complexity index is 1220. The summed E-state index contributed by atoms with van der Waals surface area (Å²) in [5, 5.41) is 14.4. The van der Waals surface area contributed by atoms with Gasteiger partial charge in [-0.25, -0.2) is 9.97 Å². The standard InChI is InChI=1S/C22H22N6O3/c1-12-4-5-18-14(6-12)13(2)30-21-20(24)25-9-16(26-21)19-15(27-28(3)17(19)8-23)7-22(31-18)10-29-11-22/h4-6,9,13H,7,10-11H2,1-3H3,(H2,24,25)/t13-/m1/s1. The number of rotatable bonds is 0. The molecule has 1 fully saturated rings. The van der Waals surface area contributed by atoms with E-state index in [4.69, 9.17) is 19.9 Å². The smallest absolute Gasteiger partial charge is 0.258 e. The number of anilines is 1. The van der Waals surface area contributed by atoms with E-state index in [2.05, 4.69) is 21.1 Å². The van der Waals surface area contributed by atoms with E-state index < -0.39 is 5.60 Å². The van der Waals surface area contributed by atoms with Gasteiger partial charge in [0.25, 0.3) is 5.88 Å². The van der Waals surface area contributed by atoms with Crippen LogP contribution < -0.4 is 15.2 Å². The summed E-state index contributed by atoms with van der Waals surface area (Å²) in [6.07, 6.45) is 1.62. The maximum Gasteiger partial charge on any atom is 0.258 e. The third-order valence-corrected chi connectivity index (χ3v) is 5.69. The number of aromatic nitrogens is 4. The van der Waals surface area contributed by atoms with E-state index in [1.54, 1.807) is 17.9 Å². The maximum atomic E-state index is 9.77. The summed E-state index contributed by atoms with van der Waals surface area (Å²) in [6.45, 7) is 4.78. The van der Waals surface area contributed by atoms with Gasteiger partial charge in [-0.15, -0.1) is 0 Å². The second kappa shape index (κ2) is 6.96. The number of benzene rings is 1. The van der Waals surface area contributed by atoms with E-state index in [-0.39, 0.29) is 17.8 Å². The van der Waals surface area contributed by atoms with Crippen molar-refractivity contribution in [2.75, 3.05) is 18.9 Å². The first-order valence-electron chi connectivity index (χ1n) is 10.0. The Labute approximate surface area is 179 Å². The molecule has 9 heteroatoms. The number of hydrogen-bond donors (Lipinski definition) is 1. The van der Waals surface area contributed by atoms with Crippen LogP contribution in [0.1, 0.15) is 35.5 Å². The number of nitrogens with zero attached hydrogens (tertiary/aromatic N) is 5. The molecule has 1 atom stereocenters. The van der Waals surface area contributed by atoms with Gasteiger partial charge in [0.1, 0.15) is 23.6 Å². The molecule has 3 aromatic rings. The molecular weight excluding hydrogens is 396 g/mol. The van der Waals surface area contributed by atoms with Gasteiger partial charge in [0.2, 0.25) is 0 Å². The van der Waals surface area contributed by atoms with Crippen molar-refractivity contribution in [3.8, 4) is 29.0 Å².